The van der Waals surface area contributed by atoms with Crippen molar-refractivity contribution in [2.45, 2.75) is 14.7 Å². The first-order valence-corrected chi connectivity index (χ1v) is 14.3. The zero-order valence-electron chi connectivity index (χ0n) is 21.0. The van der Waals surface area contributed by atoms with Gasteiger partial charge in [-0.15, -0.1) is 0 Å². The molecule has 0 unspecified atom stereocenters. The number of methoxy groups -OCH3 is 3. The van der Waals surface area contributed by atoms with Crippen LogP contribution in [0, 0.1) is 0 Å². The van der Waals surface area contributed by atoms with Gasteiger partial charge < -0.3 is 45.1 Å². The van der Waals surface area contributed by atoms with Gasteiger partial charge in [-0.2, -0.15) is 0 Å². The molecule has 3 rings (SSSR count). The average molecular weight is 816 g/mol. The third-order valence-corrected chi connectivity index (χ3v) is 7.15. The van der Waals surface area contributed by atoms with Gasteiger partial charge in [0.15, 0.2) is 0 Å². The molecule has 0 aliphatic heterocycles. The number of rotatable bonds is 6. The molecule has 0 spiro atoms. The van der Waals surface area contributed by atoms with Crippen molar-refractivity contribution >= 4 is 73.6 Å². The van der Waals surface area contributed by atoms with Gasteiger partial charge in [0.25, 0.3) is 0 Å². The van der Waals surface area contributed by atoms with Gasteiger partial charge in [0.1, 0.15) is 47.6 Å². The molecule has 15 nitrogen and oxygen atoms in total. The molecule has 0 heterocycles. The van der Waals surface area contributed by atoms with Crippen molar-refractivity contribution in [1.29, 1.82) is 0 Å². The van der Waals surface area contributed by atoms with Gasteiger partial charge in [-0.1, -0.05) is 0 Å². The molecule has 0 aliphatic carbocycles. The van der Waals surface area contributed by atoms with Crippen LogP contribution in [0.4, 0.5) is 17.1 Å². The van der Waals surface area contributed by atoms with Crippen molar-refractivity contribution in [2.75, 3.05) is 38.5 Å². The van der Waals surface area contributed by atoms with Crippen LogP contribution in [-0.4, -0.2) is 86.4 Å². The van der Waals surface area contributed by atoms with Crippen LogP contribution in [0.3, 0.4) is 0 Å². The smallest absolute Gasteiger partial charge is 0.744 e. The van der Waals surface area contributed by atoms with Crippen LogP contribution in [-0.2, 0) is 30.4 Å². The molecular formula is C21H24BiN3O12S3. The Morgan fingerprint density at radius 3 is 0.850 bits per heavy atom. The summed E-state index contributed by atoms with van der Waals surface area (Å²) >= 11 is 0. The fourth-order valence-corrected chi connectivity index (χ4v) is 4.43. The van der Waals surface area contributed by atoms with E-state index in [-0.39, 0.29) is 60.5 Å². The van der Waals surface area contributed by atoms with Crippen molar-refractivity contribution < 1.29 is 53.1 Å². The monoisotopic (exact) mass is 815 g/mol. The van der Waals surface area contributed by atoms with E-state index < -0.39 is 45.0 Å². The Hall–Kier alpha value is -2.93. The van der Waals surface area contributed by atoms with Crippen LogP contribution in [0.5, 0.6) is 17.2 Å². The maximum atomic E-state index is 10.6. The van der Waals surface area contributed by atoms with E-state index >= 15 is 0 Å². The maximum Gasteiger partial charge on any atom is 3.00 e. The van der Waals surface area contributed by atoms with Crippen molar-refractivity contribution in [3.05, 3.63) is 54.6 Å². The van der Waals surface area contributed by atoms with E-state index in [0.29, 0.717) is 0 Å². The summed E-state index contributed by atoms with van der Waals surface area (Å²) in [6.07, 6.45) is 0. The van der Waals surface area contributed by atoms with E-state index in [1.807, 2.05) is 0 Å². The van der Waals surface area contributed by atoms with E-state index in [1.54, 1.807) is 0 Å². The van der Waals surface area contributed by atoms with Gasteiger partial charge in [-0.25, -0.2) is 25.3 Å². The molecule has 0 atom stereocenters. The van der Waals surface area contributed by atoms with Crippen molar-refractivity contribution in [1.82, 2.24) is 0 Å². The first-order chi connectivity index (χ1) is 17.8. The van der Waals surface area contributed by atoms with Crippen LogP contribution < -0.4 is 31.4 Å². The second-order valence-electron chi connectivity index (χ2n) is 7.07. The molecule has 3 aromatic rings. The second-order valence-corrected chi connectivity index (χ2v) is 11.1. The van der Waals surface area contributed by atoms with Gasteiger partial charge in [-0.05, 0) is 54.6 Å². The van der Waals surface area contributed by atoms with E-state index in [9.17, 15) is 38.9 Å². The molecule has 19 heteroatoms. The number of benzene rings is 3. The summed E-state index contributed by atoms with van der Waals surface area (Å²) in [5, 5.41) is 0. The first kappa shape index (κ1) is 37.1. The zero-order chi connectivity index (χ0) is 30.2. The summed E-state index contributed by atoms with van der Waals surface area (Å²) in [5.74, 6) is 0.843. The second kappa shape index (κ2) is 15.2. The summed E-state index contributed by atoms with van der Waals surface area (Å²) in [6, 6.07) is 11.6. The number of hydrogen-bond donors (Lipinski definition) is 3. The summed E-state index contributed by atoms with van der Waals surface area (Å²) in [7, 11) is -9.46. The number of ether oxygens (including phenoxy) is 3. The van der Waals surface area contributed by atoms with Gasteiger partial charge in [0, 0.05) is 17.1 Å². The Morgan fingerprint density at radius 1 is 0.500 bits per heavy atom. The number of hydrogen-bond acceptors (Lipinski definition) is 15. The molecule has 0 bridgehead atoms. The van der Waals surface area contributed by atoms with Crippen molar-refractivity contribution in [3.63, 3.8) is 0 Å². The summed E-state index contributed by atoms with van der Waals surface area (Å²) in [4.78, 5) is -1.36. The summed E-state index contributed by atoms with van der Waals surface area (Å²) in [5.41, 5.74) is 15.7. The van der Waals surface area contributed by atoms with Crippen LogP contribution >= 0.6 is 0 Å². The molecule has 3 aromatic carbocycles. The first-order valence-electron chi connectivity index (χ1n) is 10.0. The van der Waals surface area contributed by atoms with Gasteiger partial charge in [0.2, 0.25) is 0 Å². The number of anilines is 3. The normalized spacial score (nSPS) is 10.9. The van der Waals surface area contributed by atoms with Gasteiger partial charge >= 0.3 is 26.2 Å². The van der Waals surface area contributed by atoms with Crippen LogP contribution in [0.2, 0.25) is 0 Å². The predicted octanol–water partition coefficient (Wildman–Crippen LogP) is 0.164. The molecule has 218 valence electrons. The molecule has 0 saturated heterocycles. The molecule has 40 heavy (non-hydrogen) atoms. The Balaban J connectivity index is 0.000000563. The minimum absolute atomic E-state index is 0. The quantitative estimate of drug-likeness (QED) is 0.170. The summed E-state index contributed by atoms with van der Waals surface area (Å²) < 4.78 is 110. The minimum Gasteiger partial charge on any atom is -0.744 e. The third kappa shape index (κ3) is 11.3. The van der Waals surface area contributed by atoms with Crippen molar-refractivity contribution in [2.24, 2.45) is 0 Å². The van der Waals surface area contributed by atoms with Gasteiger partial charge in [0.05, 0.1) is 36.0 Å². The standard InChI is InChI=1S/3C7H9NO4S.Bi/c3*1-12-5-2-3-6(8)7(4-5)13(9,10)11;/h3*2-4H,8H2,1H3,(H,9,10,11);/q;;;+3/p-3. The topological polar surface area (TPSA) is 277 Å². The van der Waals surface area contributed by atoms with E-state index in [4.69, 9.17) is 31.4 Å². The molecule has 0 saturated carbocycles. The van der Waals surface area contributed by atoms with E-state index in [0.717, 1.165) is 18.2 Å². The van der Waals surface area contributed by atoms with Crippen molar-refractivity contribution in [3.8, 4) is 17.2 Å². The summed E-state index contributed by atoms with van der Waals surface area (Å²) in [6.45, 7) is 0. The van der Waals surface area contributed by atoms with Crippen LogP contribution in [0.1, 0.15) is 0 Å². The SMILES string of the molecule is COc1ccc(N)c(S(=O)(=O)[O-])c1.COc1ccc(N)c(S(=O)(=O)[O-])c1.COc1ccc(N)c(S(=O)(=O)[O-])c1.[Bi+3]. The largest absolute Gasteiger partial charge is 3.00 e. The Morgan fingerprint density at radius 2 is 0.700 bits per heavy atom. The fourth-order valence-electron chi connectivity index (χ4n) is 2.57. The molecule has 0 fully saturated rings. The van der Waals surface area contributed by atoms with Crippen LogP contribution in [0.25, 0.3) is 0 Å². The minimum atomic E-state index is -4.52. The number of nitrogen functional groups attached to an aromatic ring is 3. The van der Waals surface area contributed by atoms with Gasteiger partial charge in [-0.3, -0.25) is 0 Å². The predicted molar refractivity (Wildman–Crippen MR) is 142 cm³/mol. The fraction of sp³-hybridized carbons (Fsp3) is 0.143. The molecule has 2 radical (unpaired) electrons. The Labute approximate surface area is 250 Å². The maximum absolute atomic E-state index is 10.6. The molecule has 6 N–H and O–H groups in total. The van der Waals surface area contributed by atoms with Crippen LogP contribution in [0.15, 0.2) is 69.3 Å². The molecule has 0 aliphatic rings. The molecular weight excluding hydrogens is 791 g/mol. The van der Waals surface area contributed by atoms with E-state index in [2.05, 4.69) is 0 Å². The molecule has 0 aromatic heterocycles. The third-order valence-electron chi connectivity index (χ3n) is 4.47. The Bertz CT molecular complexity index is 1440. The number of nitrogens with two attached hydrogens (primary N) is 3. The Kier molecular flexibility index (Phi) is 14.1. The zero-order valence-corrected chi connectivity index (χ0v) is 26.9. The van der Waals surface area contributed by atoms with E-state index in [1.165, 1.54) is 57.7 Å². The molecule has 0 amide bonds. The average Bonchev–Trinajstić information content (AvgIpc) is 2.83.